The highest BCUT2D eigenvalue weighted by Gasteiger charge is 2.00. The van der Waals surface area contributed by atoms with Gasteiger partial charge in [0.15, 0.2) is 6.61 Å². The van der Waals surface area contributed by atoms with E-state index in [1.807, 2.05) is 72.8 Å². The average molecular weight is 560 g/mol. The summed E-state index contributed by atoms with van der Waals surface area (Å²) < 4.78 is 13.1. The van der Waals surface area contributed by atoms with Crippen molar-refractivity contribution < 1.29 is 38.5 Å². The number of hydrogen-bond donors (Lipinski definition) is 1. The molecule has 0 bridgehead atoms. The van der Waals surface area contributed by atoms with E-state index in [0.29, 0.717) is 3.58 Å². The molecule has 32 heavy (non-hydrogen) atoms. The van der Waals surface area contributed by atoms with Crippen LogP contribution >= 0.6 is 22.6 Å². The first-order chi connectivity index (χ1) is 15.1. The van der Waals surface area contributed by atoms with E-state index in [0.717, 1.165) is 6.92 Å². The molecule has 0 radical (unpaired) electrons. The van der Waals surface area contributed by atoms with Gasteiger partial charge in [-0.25, -0.2) is 9.59 Å². The summed E-state index contributed by atoms with van der Waals surface area (Å²) in [7, 11) is 2.55. The Morgan fingerprint density at radius 2 is 1.03 bits per heavy atom. The van der Waals surface area contributed by atoms with E-state index < -0.39 is 17.9 Å². The summed E-state index contributed by atoms with van der Waals surface area (Å²) >= 11 is 1.80. The second kappa shape index (κ2) is 25.8. The van der Waals surface area contributed by atoms with E-state index in [1.165, 1.54) is 21.1 Å². The first kappa shape index (κ1) is 33.4. The minimum Gasteiger partial charge on any atom is -0.481 e. The summed E-state index contributed by atoms with van der Waals surface area (Å²) in [5.74, 6) is -2.23. The molecule has 0 aliphatic carbocycles. The van der Waals surface area contributed by atoms with E-state index in [4.69, 9.17) is 9.90 Å². The third kappa shape index (κ3) is 37.5. The molecule has 0 saturated heterocycles. The molecule has 8 nitrogen and oxygen atoms in total. The molecule has 0 saturated carbocycles. The van der Waals surface area contributed by atoms with E-state index >= 15 is 0 Å². The number of carboxylic acid groups (broad SMARTS) is 1. The summed E-state index contributed by atoms with van der Waals surface area (Å²) in [5.41, 5.74) is 0. The van der Waals surface area contributed by atoms with Gasteiger partial charge >= 0.3 is 17.9 Å². The van der Waals surface area contributed by atoms with Crippen LogP contribution in [0, 0.1) is 0 Å². The van der Waals surface area contributed by atoms with Crippen LogP contribution in [0.5, 0.6) is 0 Å². The Balaban J connectivity index is -0.000000335. The zero-order chi connectivity index (χ0) is 25.2. The van der Waals surface area contributed by atoms with E-state index in [2.05, 4.69) is 20.8 Å². The van der Waals surface area contributed by atoms with Crippen LogP contribution in [-0.4, -0.2) is 49.8 Å². The van der Waals surface area contributed by atoms with Crippen molar-refractivity contribution in [3.63, 3.8) is 0 Å². The third-order valence-electron chi connectivity index (χ3n) is 2.36. The topological polar surface area (TPSA) is 116 Å². The first-order valence-electron chi connectivity index (χ1n) is 8.90. The average Bonchev–Trinajstić information content (AvgIpc) is 2.80. The van der Waals surface area contributed by atoms with Crippen molar-refractivity contribution in [3.8, 4) is 0 Å². The Morgan fingerprint density at radius 3 is 1.16 bits per heavy atom. The molecule has 2 rings (SSSR count). The number of carbonyl (C=O) groups excluding carboxylic acids is 3. The number of benzene rings is 2. The number of halogens is 1. The maximum Gasteiger partial charge on any atom is 0.344 e. The second-order valence-corrected chi connectivity index (χ2v) is 6.38. The van der Waals surface area contributed by atoms with E-state index in [1.54, 1.807) is 22.6 Å². The standard InChI is InChI=1S/2C6H6.C5H8O4.C4H5IO2.C2H4O2/c2*1-2-4-6-5-3-1;1-4(6)9-3-5(7)8-2;1-3(5)4(6)7-2;1-2(3)4/h2*1-6H;3H2,1-2H3;1H2,2H3;1H3,(H,3,4). The predicted molar refractivity (Wildman–Crippen MR) is 130 cm³/mol. The number of esters is 3. The molecule has 2 aromatic carbocycles. The van der Waals surface area contributed by atoms with Crippen LogP contribution in [-0.2, 0) is 33.4 Å². The Morgan fingerprint density at radius 1 is 0.750 bits per heavy atom. The van der Waals surface area contributed by atoms with Crippen molar-refractivity contribution in [1.29, 1.82) is 0 Å². The first-order valence-corrected chi connectivity index (χ1v) is 9.98. The molecule has 0 heterocycles. The van der Waals surface area contributed by atoms with E-state index in [9.17, 15) is 14.4 Å². The highest BCUT2D eigenvalue weighted by atomic mass is 127. The summed E-state index contributed by atoms with van der Waals surface area (Å²) in [6.07, 6.45) is 0. The van der Waals surface area contributed by atoms with Crippen LogP contribution in [0.25, 0.3) is 0 Å². The molecule has 0 spiro atoms. The predicted octanol–water partition coefficient (Wildman–Crippen LogP) is 4.29. The number of hydrogen-bond acceptors (Lipinski definition) is 7. The van der Waals surface area contributed by atoms with Crippen LogP contribution in [0.1, 0.15) is 13.8 Å². The fourth-order valence-electron chi connectivity index (χ4n) is 1.10. The number of carboxylic acids is 1. The number of methoxy groups -OCH3 is 2. The number of carbonyl (C=O) groups is 4. The Hall–Kier alpha value is -3.21. The molecule has 9 heteroatoms. The minimum absolute atomic E-state index is 0.300. The van der Waals surface area contributed by atoms with Crippen LogP contribution in [0.15, 0.2) is 83.0 Å². The van der Waals surface area contributed by atoms with E-state index in [-0.39, 0.29) is 12.6 Å². The third-order valence-corrected chi connectivity index (χ3v) is 2.80. The van der Waals surface area contributed by atoms with Crippen molar-refractivity contribution in [1.82, 2.24) is 0 Å². The molecule has 0 aliphatic heterocycles. The molecule has 176 valence electrons. The summed E-state index contributed by atoms with van der Waals surface area (Å²) in [6, 6.07) is 24.0. The Bertz CT molecular complexity index is 660. The lowest BCUT2D eigenvalue weighted by molar-refractivity contribution is -0.155. The smallest absolute Gasteiger partial charge is 0.344 e. The lowest BCUT2D eigenvalue weighted by Crippen LogP contribution is -2.12. The molecule has 0 amide bonds. The fraction of sp³-hybridized carbons (Fsp3) is 0.217. The maximum absolute atomic E-state index is 10.2. The van der Waals surface area contributed by atoms with Crippen molar-refractivity contribution in [3.05, 3.63) is 83.0 Å². The van der Waals surface area contributed by atoms with Gasteiger partial charge in [0.1, 0.15) is 0 Å². The van der Waals surface area contributed by atoms with Gasteiger partial charge in [-0.2, -0.15) is 0 Å². The van der Waals surface area contributed by atoms with Crippen molar-refractivity contribution in [2.75, 3.05) is 20.8 Å². The van der Waals surface area contributed by atoms with Gasteiger partial charge in [-0.3, -0.25) is 9.59 Å². The largest absolute Gasteiger partial charge is 0.481 e. The molecular formula is C23H29IO8. The normalized spacial score (nSPS) is 7.78. The van der Waals surface area contributed by atoms with Gasteiger partial charge in [0.25, 0.3) is 5.97 Å². The molecule has 0 unspecified atom stereocenters. The summed E-state index contributed by atoms with van der Waals surface area (Å²) in [5, 5.41) is 7.42. The zero-order valence-corrected chi connectivity index (χ0v) is 20.7. The zero-order valence-electron chi connectivity index (χ0n) is 18.5. The van der Waals surface area contributed by atoms with Gasteiger partial charge in [-0.1, -0.05) is 79.4 Å². The van der Waals surface area contributed by atoms with Crippen molar-refractivity contribution in [2.24, 2.45) is 0 Å². The van der Waals surface area contributed by atoms with Gasteiger partial charge in [0.05, 0.1) is 17.8 Å². The van der Waals surface area contributed by atoms with Gasteiger partial charge in [0, 0.05) is 13.8 Å². The molecule has 2 aromatic rings. The van der Waals surface area contributed by atoms with Gasteiger partial charge < -0.3 is 19.3 Å². The van der Waals surface area contributed by atoms with Crippen LogP contribution in [0.3, 0.4) is 0 Å². The lowest BCUT2D eigenvalue weighted by atomic mass is 10.4. The monoisotopic (exact) mass is 560 g/mol. The second-order valence-electron chi connectivity index (χ2n) is 5.08. The van der Waals surface area contributed by atoms with Crippen LogP contribution in [0.4, 0.5) is 0 Å². The molecule has 0 aromatic heterocycles. The summed E-state index contributed by atoms with van der Waals surface area (Å²) in [4.78, 5) is 39.4. The van der Waals surface area contributed by atoms with Crippen LogP contribution in [0.2, 0.25) is 0 Å². The number of rotatable bonds is 3. The molecule has 0 atom stereocenters. The fourth-order valence-corrected chi connectivity index (χ4v) is 1.32. The van der Waals surface area contributed by atoms with Gasteiger partial charge in [-0.05, 0) is 22.6 Å². The SMILES string of the molecule is C=C(I)C(=O)OC.CC(=O)O.COC(=O)COC(C)=O.c1ccccc1.c1ccccc1. The highest BCUT2D eigenvalue weighted by Crippen LogP contribution is 2.01. The van der Waals surface area contributed by atoms with Crippen molar-refractivity contribution >= 4 is 46.5 Å². The Labute approximate surface area is 202 Å². The maximum atomic E-state index is 10.2. The lowest BCUT2D eigenvalue weighted by Gasteiger charge is -1.97. The minimum atomic E-state index is -0.833. The number of ether oxygens (including phenoxy) is 3. The van der Waals surface area contributed by atoms with Crippen molar-refractivity contribution in [2.45, 2.75) is 13.8 Å². The number of aliphatic carboxylic acids is 1. The highest BCUT2D eigenvalue weighted by molar-refractivity contribution is 14.1. The molecule has 0 aliphatic rings. The van der Waals surface area contributed by atoms with Gasteiger partial charge in [0.2, 0.25) is 0 Å². The quantitative estimate of drug-likeness (QED) is 0.256. The molecular weight excluding hydrogens is 531 g/mol. The van der Waals surface area contributed by atoms with Crippen LogP contribution < -0.4 is 0 Å². The Kier molecular flexibility index (Phi) is 27.0. The summed E-state index contributed by atoms with van der Waals surface area (Å²) in [6.45, 7) is 5.35. The van der Waals surface area contributed by atoms with Gasteiger partial charge in [-0.15, -0.1) is 0 Å². The molecule has 1 N–H and O–H groups in total. The molecule has 0 fully saturated rings.